The summed E-state index contributed by atoms with van der Waals surface area (Å²) in [6.07, 6.45) is 4.06. The van der Waals surface area contributed by atoms with Crippen LogP contribution in [0.5, 0.6) is 0 Å². The van der Waals surface area contributed by atoms with Crippen molar-refractivity contribution in [3.8, 4) is 11.1 Å². The normalized spacial score (nSPS) is 19.1. The molecule has 1 aliphatic carbocycles. The van der Waals surface area contributed by atoms with Gasteiger partial charge < -0.3 is 24.7 Å². The van der Waals surface area contributed by atoms with E-state index in [0.717, 1.165) is 105 Å². The summed E-state index contributed by atoms with van der Waals surface area (Å²) in [5, 5.41) is 3.07. The lowest BCUT2D eigenvalue weighted by Gasteiger charge is -2.37. The predicted octanol–water partition coefficient (Wildman–Crippen LogP) is 4.70. The van der Waals surface area contributed by atoms with Crippen LogP contribution in [0.4, 0.5) is 5.69 Å². The molecule has 1 atom stereocenters. The molecule has 6 rings (SSSR count). The number of amides is 1. The third-order valence-electron chi connectivity index (χ3n) is 9.84. The van der Waals surface area contributed by atoms with E-state index < -0.39 is 0 Å². The molecule has 0 bridgehead atoms. The van der Waals surface area contributed by atoms with Crippen LogP contribution in [0.1, 0.15) is 63.6 Å². The molecule has 2 fully saturated rings. The number of aromatic amines is 1. The predicted molar refractivity (Wildman–Crippen MR) is 175 cm³/mol. The van der Waals surface area contributed by atoms with Crippen molar-refractivity contribution in [1.29, 1.82) is 0 Å². The van der Waals surface area contributed by atoms with E-state index in [-0.39, 0.29) is 18.0 Å². The first-order valence-electron chi connectivity index (χ1n) is 16.2. The molecule has 1 amide bonds. The highest BCUT2D eigenvalue weighted by molar-refractivity contribution is 5.99. The minimum absolute atomic E-state index is 0.154. The lowest BCUT2D eigenvalue weighted by Crippen LogP contribution is -2.43. The topological polar surface area (TPSA) is 86.9 Å². The number of aromatic nitrogens is 1. The second kappa shape index (κ2) is 13.3. The number of nitrogens with zero attached hydrogens (tertiary/aromatic N) is 2. The van der Waals surface area contributed by atoms with Gasteiger partial charge in [0.1, 0.15) is 0 Å². The molecule has 2 saturated heterocycles. The fourth-order valence-electron chi connectivity index (χ4n) is 7.36. The zero-order valence-corrected chi connectivity index (χ0v) is 26.6. The van der Waals surface area contributed by atoms with Crippen LogP contribution in [0.25, 0.3) is 11.1 Å². The number of pyridine rings is 1. The summed E-state index contributed by atoms with van der Waals surface area (Å²) in [5.74, 6) is -0.165. The van der Waals surface area contributed by atoms with Gasteiger partial charge >= 0.3 is 0 Å². The number of hydrogen-bond acceptors (Lipinski definition) is 6. The van der Waals surface area contributed by atoms with E-state index in [1.807, 2.05) is 26.0 Å². The van der Waals surface area contributed by atoms with Crippen LogP contribution in [0.3, 0.4) is 0 Å². The fourth-order valence-corrected chi connectivity index (χ4v) is 7.36. The van der Waals surface area contributed by atoms with Gasteiger partial charge in [0.2, 0.25) is 0 Å². The molecular formula is C36H46N4O4. The molecule has 0 radical (unpaired) electrons. The third kappa shape index (κ3) is 6.34. The Morgan fingerprint density at radius 2 is 1.68 bits per heavy atom. The fraction of sp³-hybridized carbons (Fsp3) is 0.500. The quantitative estimate of drug-likeness (QED) is 0.391. The molecule has 234 valence electrons. The van der Waals surface area contributed by atoms with E-state index in [1.54, 1.807) is 0 Å². The van der Waals surface area contributed by atoms with Crippen molar-refractivity contribution < 1.29 is 14.3 Å². The second-order valence-electron chi connectivity index (χ2n) is 12.6. The molecule has 0 spiro atoms. The number of hydrogen-bond donors (Lipinski definition) is 2. The van der Waals surface area contributed by atoms with E-state index in [9.17, 15) is 9.59 Å². The van der Waals surface area contributed by atoms with Gasteiger partial charge in [-0.1, -0.05) is 18.2 Å². The van der Waals surface area contributed by atoms with Crippen LogP contribution in [0.2, 0.25) is 0 Å². The monoisotopic (exact) mass is 598 g/mol. The van der Waals surface area contributed by atoms with Crippen LogP contribution in [0.15, 0.2) is 41.2 Å². The van der Waals surface area contributed by atoms with Crippen molar-refractivity contribution in [3.05, 3.63) is 85.8 Å². The minimum atomic E-state index is -0.165. The molecule has 44 heavy (non-hydrogen) atoms. The van der Waals surface area contributed by atoms with Gasteiger partial charge in [0.25, 0.3) is 11.5 Å². The molecule has 3 aliphatic rings. The molecule has 2 aliphatic heterocycles. The molecule has 8 heteroatoms. The van der Waals surface area contributed by atoms with Gasteiger partial charge in [-0.15, -0.1) is 0 Å². The number of rotatable bonds is 8. The molecule has 1 unspecified atom stereocenters. The van der Waals surface area contributed by atoms with Gasteiger partial charge in [0.05, 0.1) is 13.2 Å². The van der Waals surface area contributed by atoms with Crippen LogP contribution >= 0.6 is 0 Å². The Kier molecular flexibility index (Phi) is 9.21. The lowest BCUT2D eigenvalue weighted by molar-refractivity contribution is 0.0187. The van der Waals surface area contributed by atoms with E-state index in [2.05, 4.69) is 58.2 Å². The smallest absolute Gasteiger partial charge is 0.253 e. The molecule has 3 aromatic rings. The number of ether oxygens (including phenoxy) is 2. The highest BCUT2D eigenvalue weighted by Crippen LogP contribution is 2.36. The third-order valence-corrected chi connectivity index (χ3v) is 9.84. The van der Waals surface area contributed by atoms with Crippen molar-refractivity contribution in [2.45, 2.75) is 72.0 Å². The number of nitrogens with one attached hydrogen (secondary N) is 2. The van der Waals surface area contributed by atoms with E-state index in [0.29, 0.717) is 23.2 Å². The molecular weight excluding hydrogens is 552 g/mol. The minimum Gasteiger partial charge on any atom is -0.381 e. The maximum absolute atomic E-state index is 13.9. The summed E-state index contributed by atoms with van der Waals surface area (Å²) in [7, 11) is 0. The Hall–Kier alpha value is -3.46. The van der Waals surface area contributed by atoms with E-state index in [1.165, 1.54) is 11.1 Å². The summed E-state index contributed by atoms with van der Waals surface area (Å²) in [6.45, 7) is 14.2. The number of fused-ring (bicyclic) bond motifs is 1. The number of H-pyrrole nitrogens is 1. The van der Waals surface area contributed by atoms with Gasteiger partial charge in [-0.05, 0) is 105 Å². The Morgan fingerprint density at radius 1 is 0.955 bits per heavy atom. The number of carbonyl (C=O) groups is 1. The number of anilines is 1. The van der Waals surface area contributed by atoms with Gasteiger partial charge in [-0.2, -0.15) is 0 Å². The SMILES string of the molecule is CCN(c1cc(-c2ccc3c(c2)CC(N2CCOCC2)C3)cc(C(=O)NCc2c(C)cc(C)[nH]c2=O)c1C)C1CCOCC1. The molecule has 3 heterocycles. The van der Waals surface area contributed by atoms with Gasteiger partial charge in [-0.3, -0.25) is 14.5 Å². The van der Waals surface area contributed by atoms with Crippen molar-refractivity contribution in [2.24, 2.45) is 0 Å². The summed E-state index contributed by atoms with van der Waals surface area (Å²) in [6, 6.07) is 14.0. The average Bonchev–Trinajstić information content (AvgIpc) is 3.46. The average molecular weight is 599 g/mol. The first-order chi connectivity index (χ1) is 21.3. The standard InChI is InChI=1S/C36H46N4O4/c1-5-40(30-8-12-43-13-9-30)34-21-29(26-6-7-27-18-31(19-28(27)17-26)39-10-14-44-15-11-39)20-32(25(34)4)35(41)37-22-33-23(2)16-24(3)38-36(33)42/h6-7,16-17,20-21,30-31H,5,8-15,18-19,22H2,1-4H3,(H,37,41)(H,38,42). The van der Waals surface area contributed by atoms with E-state index in [4.69, 9.17) is 9.47 Å². The van der Waals surface area contributed by atoms with Crippen molar-refractivity contribution >= 4 is 11.6 Å². The Bertz CT molecular complexity index is 1570. The zero-order valence-electron chi connectivity index (χ0n) is 26.6. The number of benzene rings is 2. The number of carbonyl (C=O) groups excluding carboxylic acids is 1. The highest BCUT2D eigenvalue weighted by atomic mass is 16.5. The first-order valence-corrected chi connectivity index (χ1v) is 16.2. The Labute approximate surface area is 260 Å². The molecule has 0 saturated carbocycles. The maximum Gasteiger partial charge on any atom is 0.253 e. The van der Waals surface area contributed by atoms with E-state index >= 15 is 0 Å². The lowest BCUT2D eigenvalue weighted by atomic mass is 9.94. The molecule has 8 nitrogen and oxygen atoms in total. The van der Waals surface area contributed by atoms with Crippen molar-refractivity contribution in [2.75, 3.05) is 51.0 Å². The summed E-state index contributed by atoms with van der Waals surface area (Å²) in [5.41, 5.74) is 9.83. The summed E-state index contributed by atoms with van der Waals surface area (Å²) < 4.78 is 11.3. The van der Waals surface area contributed by atoms with Crippen LogP contribution in [0, 0.1) is 20.8 Å². The molecule has 2 N–H and O–H groups in total. The largest absolute Gasteiger partial charge is 0.381 e. The molecule has 2 aromatic carbocycles. The highest BCUT2D eigenvalue weighted by Gasteiger charge is 2.29. The number of morpholine rings is 1. The van der Waals surface area contributed by atoms with Crippen LogP contribution < -0.4 is 15.8 Å². The maximum atomic E-state index is 13.9. The second-order valence-corrected chi connectivity index (χ2v) is 12.6. The summed E-state index contributed by atoms with van der Waals surface area (Å²) >= 11 is 0. The Balaban J connectivity index is 1.34. The van der Waals surface area contributed by atoms with Crippen molar-refractivity contribution in [3.63, 3.8) is 0 Å². The van der Waals surface area contributed by atoms with Gasteiger partial charge in [0, 0.05) is 74.0 Å². The molecule has 1 aromatic heterocycles. The number of aryl methyl sites for hydroxylation is 2. The van der Waals surface area contributed by atoms with Crippen LogP contribution in [-0.2, 0) is 28.9 Å². The zero-order chi connectivity index (χ0) is 30.8. The van der Waals surface area contributed by atoms with Gasteiger partial charge in [-0.25, -0.2) is 0 Å². The van der Waals surface area contributed by atoms with Gasteiger partial charge in [0.15, 0.2) is 0 Å². The Morgan fingerprint density at radius 3 is 2.41 bits per heavy atom. The summed E-state index contributed by atoms with van der Waals surface area (Å²) in [4.78, 5) is 34.4. The van der Waals surface area contributed by atoms with Crippen molar-refractivity contribution in [1.82, 2.24) is 15.2 Å². The first kappa shape index (κ1) is 30.6. The van der Waals surface area contributed by atoms with Crippen LogP contribution in [-0.4, -0.2) is 73.9 Å².